The van der Waals surface area contributed by atoms with E-state index >= 15 is 0 Å². The van der Waals surface area contributed by atoms with E-state index in [0.29, 0.717) is 18.8 Å². The molecule has 1 aliphatic carbocycles. The van der Waals surface area contributed by atoms with Gasteiger partial charge in [-0.25, -0.2) is 0 Å². The molecule has 1 aliphatic rings. The average Bonchev–Trinajstić information content (AvgIpc) is 3.17. The zero-order chi connectivity index (χ0) is 13.9. The van der Waals surface area contributed by atoms with Gasteiger partial charge in [-0.15, -0.1) is 0 Å². The molecule has 0 spiro atoms. The molecule has 106 valence electrons. The van der Waals surface area contributed by atoms with Gasteiger partial charge in [0.15, 0.2) is 0 Å². The van der Waals surface area contributed by atoms with E-state index in [2.05, 4.69) is 0 Å². The Labute approximate surface area is 110 Å². The van der Waals surface area contributed by atoms with E-state index in [1.54, 1.807) is 0 Å². The van der Waals surface area contributed by atoms with Gasteiger partial charge in [-0.3, -0.25) is 0 Å². The Kier molecular flexibility index (Phi) is 4.47. The summed E-state index contributed by atoms with van der Waals surface area (Å²) >= 11 is 0. The van der Waals surface area contributed by atoms with Gasteiger partial charge in [0.1, 0.15) is 0 Å². The van der Waals surface area contributed by atoms with Gasteiger partial charge in [-0.2, -0.15) is 13.2 Å². The molecule has 0 amide bonds. The molecule has 0 aromatic heterocycles. The van der Waals surface area contributed by atoms with Crippen molar-refractivity contribution in [3.05, 3.63) is 35.4 Å². The maximum atomic E-state index is 12.4. The summed E-state index contributed by atoms with van der Waals surface area (Å²) in [6.07, 6.45) is -0.675. The molecule has 5 heteroatoms. The van der Waals surface area contributed by atoms with Crippen LogP contribution in [0.25, 0.3) is 0 Å². The lowest BCUT2D eigenvalue weighted by atomic mass is 10.1. The number of benzene rings is 1. The lowest BCUT2D eigenvalue weighted by Gasteiger charge is -2.14. The summed E-state index contributed by atoms with van der Waals surface area (Å²) in [5.74, 6) is 0.808. The largest absolute Gasteiger partial charge is 0.416 e. The molecular formula is C14H18F3NO. The smallest absolute Gasteiger partial charge is 0.379 e. The van der Waals surface area contributed by atoms with E-state index < -0.39 is 11.7 Å². The predicted molar refractivity (Wildman–Crippen MR) is 66.5 cm³/mol. The Morgan fingerprint density at radius 2 is 1.84 bits per heavy atom. The highest BCUT2D eigenvalue weighted by molar-refractivity contribution is 5.26. The average molecular weight is 273 g/mol. The van der Waals surface area contributed by atoms with Crippen LogP contribution >= 0.6 is 0 Å². The summed E-state index contributed by atoms with van der Waals surface area (Å²) in [6, 6.07) is 4.57. The van der Waals surface area contributed by atoms with Crippen molar-refractivity contribution in [1.82, 2.24) is 0 Å². The van der Waals surface area contributed by atoms with Crippen molar-refractivity contribution in [3.8, 4) is 0 Å². The Bertz CT molecular complexity index is 398. The highest BCUT2D eigenvalue weighted by Gasteiger charge is 2.30. The van der Waals surface area contributed by atoms with Gasteiger partial charge in [0.25, 0.3) is 0 Å². The first-order valence-electron chi connectivity index (χ1n) is 6.47. The number of nitrogens with two attached hydrogens (primary N) is 1. The van der Waals surface area contributed by atoms with Gasteiger partial charge < -0.3 is 10.5 Å². The molecule has 0 heterocycles. The van der Waals surface area contributed by atoms with Crippen molar-refractivity contribution in [1.29, 1.82) is 0 Å². The Morgan fingerprint density at radius 3 is 2.37 bits per heavy atom. The van der Waals surface area contributed by atoms with Gasteiger partial charge in [-0.05, 0) is 30.0 Å². The second-order valence-corrected chi connectivity index (χ2v) is 5.03. The van der Waals surface area contributed by atoms with Crippen molar-refractivity contribution >= 4 is 0 Å². The molecule has 1 aromatic rings. The molecule has 2 N–H and O–H groups in total. The van der Waals surface area contributed by atoms with Crippen molar-refractivity contribution in [2.75, 3.05) is 13.2 Å². The van der Waals surface area contributed by atoms with Gasteiger partial charge in [0.05, 0.1) is 18.2 Å². The summed E-state index contributed by atoms with van der Waals surface area (Å²) in [6.45, 7) is 1.02. The normalized spacial score (nSPS) is 17.5. The fourth-order valence-electron chi connectivity index (χ4n) is 1.88. The van der Waals surface area contributed by atoms with E-state index in [1.165, 1.54) is 25.0 Å². The minimum atomic E-state index is -4.30. The Balaban J connectivity index is 1.79. The maximum Gasteiger partial charge on any atom is 0.416 e. The number of ether oxygens (including phenoxy) is 1. The lowest BCUT2D eigenvalue weighted by molar-refractivity contribution is -0.137. The first kappa shape index (κ1) is 14.3. The van der Waals surface area contributed by atoms with Crippen LogP contribution in [0, 0.1) is 5.92 Å². The highest BCUT2D eigenvalue weighted by atomic mass is 19.4. The number of rotatable bonds is 6. The number of hydrogen-bond donors (Lipinski definition) is 1. The third kappa shape index (κ3) is 4.51. The standard InChI is InChI=1S/C14H18F3NO/c15-14(16,17)12-5-3-11(4-6-12)13(18)9-19-8-7-10-1-2-10/h3-6,10,13H,1-2,7-9,18H2. The topological polar surface area (TPSA) is 35.2 Å². The number of hydrogen-bond acceptors (Lipinski definition) is 2. The molecule has 0 bridgehead atoms. The molecule has 1 aromatic carbocycles. The van der Waals surface area contributed by atoms with Crippen molar-refractivity contribution in [3.63, 3.8) is 0 Å². The van der Waals surface area contributed by atoms with Crippen molar-refractivity contribution < 1.29 is 17.9 Å². The third-order valence-corrected chi connectivity index (χ3v) is 3.33. The first-order chi connectivity index (χ1) is 8.97. The predicted octanol–water partition coefficient (Wildman–Crippen LogP) is 3.52. The third-order valence-electron chi connectivity index (χ3n) is 3.33. The molecule has 0 saturated heterocycles. The summed E-state index contributed by atoms with van der Waals surface area (Å²) in [5.41, 5.74) is 5.89. The van der Waals surface area contributed by atoms with Crippen LogP contribution in [-0.4, -0.2) is 13.2 Å². The molecule has 1 atom stereocenters. The number of halogens is 3. The molecule has 1 unspecified atom stereocenters. The van der Waals surface area contributed by atoms with Gasteiger partial charge in [-0.1, -0.05) is 25.0 Å². The lowest BCUT2D eigenvalue weighted by Crippen LogP contribution is -2.18. The van der Waals surface area contributed by atoms with E-state index in [0.717, 1.165) is 24.5 Å². The zero-order valence-electron chi connectivity index (χ0n) is 10.6. The Morgan fingerprint density at radius 1 is 1.21 bits per heavy atom. The van der Waals surface area contributed by atoms with Crippen molar-refractivity contribution in [2.45, 2.75) is 31.5 Å². The monoisotopic (exact) mass is 273 g/mol. The van der Waals surface area contributed by atoms with E-state index in [-0.39, 0.29) is 6.04 Å². The number of alkyl halides is 3. The Hall–Kier alpha value is -1.07. The highest BCUT2D eigenvalue weighted by Crippen LogP contribution is 2.32. The summed E-state index contributed by atoms with van der Waals surface area (Å²) < 4.78 is 42.6. The molecule has 1 saturated carbocycles. The van der Waals surface area contributed by atoms with Crippen LogP contribution in [0.2, 0.25) is 0 Å². The van der Waals surface area contributed by atoms with E-state index in [9.17, 15) is 13.2 Å². The minimum Gasteiger partial charge on any atom is -0.379 e. The molecule has 1 fully saturated rings. The van der Waals surface area contributed by atoms with E-state index in [1.807, 2.05) is 0 Å². The fraction of sp³-hybridized carbons (Fsp3) is 0.571. The van der Waals surface area contributed by atoms with Crippen LogP contribution in [0.1, 0.15) is 36.4 Å². The van der Waals surface area contributed by atoms with Crippen LogP contribution in [0.5, 0.6) is 0 Å². The van der Waals surface area contributed by atoms with Gasteiger partial charge >= 0.3 is 6.18 Å². The summed E-state index contributed by atoms with van der Waals surface area (Å²) in [7, 11) is 0. The van der Waals surface area contributed by atoms with Crippen LogP contribution in [0.3, 0.4) is 0 Å². The van der Waals surface area contributed by atoms with E-state index in [4.69, 9.17) is 10.5 Å². The first-order valence-corrected chi connectivity index (χ1v) is 6.47. The minimum absolute atomic E-state index is 0.345. The summed E-state index contributed by atoms with van der Waals surface area (Å²) in [5, 5.41) is 0. The molecule has 19 heavy (non-hydrogen) atoms. The SMILES string of the molecule is NC(COCCC1CC1)c1ccc(C(F)(F)F)cc1. The van der Waals surface area contributed by atoms with Crippen LogP contribution in [0.4, 0.5) is 13.2 Å². The molecule has 0 radical (unpaired) electrons. The second kappa shape index (κ2) is 5.92. The molecular weight excluding hydrogens is 255 g/mol. The van der Waals surface area contributed by atoms with Gasteiger partial charge in [0, 0.05) is 6.61 Å². The van der Waals surface area contributed by atoms with Crippen LogP contribution in [0.15, 0.2) is 24.3 Å². The maximum absolute atomic E-state index is 12.4. The van der Waals surface area contributed by atoms with Crippen molar-refractivity contribution in [2.24, 2.45) is 11.7 Å². The fourth-order valence-corrected chi connectivity index (χ4v) is 1.88. The molecule has 2 rings (SSSR count). The summed E-state index contributed by atoms with van der Waals surface area (Å²) in [4.78, 5) is 0. The second-order valence-electron chi connectivity index (χ2n) is 5.03. The van der Waals surface area contributed by atoms with Gasteiger partial charge in [0.2, 0.25) is 0 Å². The molecule has 2 nitrogen and oxygen atoms in total. The molecule has 0 aliphatic heterocycles. The quantitative estimate of drug-likeness (QED) is 0.805. The van der Waals surface area contributed by atoms with Crippen LogP contribution in [-0.2, 0) is 10.9 Å². The van der Waals surface area contributed by atoms with Crippen LogP contribution < -0.4 is 5.73 Å². The zero-order valence-corrected chi connectivity index (χ0v) is 10.6.